The minimum atomic E-state index is 0.612. The van der Waals surface area contributed by atoms with Crippen LogP contribution in [0.3, 0.4) is 0 Å². The van der Waals surface area contributed by atoms with Crippen LogP contribution in [0.2, 0.25) is 0 Å². The van der Waals surface area contributed by atoms with Gasteiger partial charge in [-0.05, 0) is 56.9 Å². The molecule has 0 saturated heterocycles. The van der Waals surface area contributed by atoms with Crippen LogP contribution in [0.5, 0.6) is 0 Å². The molecule has 7 aromatic carbocycles. The second-order valence-corrected chi connectivity index (χ2v) is 11.3. The van der Waals surface area contributed by atoms with E-state index in [1.807, 2.05) is 60.7 Å². The fourth-order valence-electron chi connectivity index (χ4n) is 6.33. The molecule has 0 unspecified atom stereocenters. The summed E-state index contributed by atoms with van der Waals surface area (Å²) < 4.78 is 6.20. The number of benzene rings is 7. The third-order valence-corrected chi connectivity index (χ3v) is 8.51. The molecule has 0 bridgehead atoms. The van der Waals surface area contributed by atoms with E-state index in [2.05, 4.69) is 91.0 Å². The number of hydrogen-bond acceptors (Lipinski definition) is 4. The minimum Gasteiger partial charge on any atom is -0.456 e. The van der Waals surface area contributed by atoms with Crippen LogP contribution in [-0.4, -0.2) is 15.0 Å². The largest absolute Gasteiger partial charge is 0.456 e. The molecular weight excluding hydrogens is 550 g/mol. The summed E-state index contributed by atoms with van der Waals surface area (Å²) in [5, 5.41) is 6.81. The molecular formula is C41H25N3O. The van der Waals surface area contributed by atoms with Gasteiger partial charge in [-0.25, -0.2) is 15.0 Å². The molecule has 45 heavy (non-hydrogen) atoms. The molecule has 0 aliphatic carbocycles. The van der Waals surface area contributed by atoms with E-state index in [0.29, 0.717) is 17.5 Å². The van der Waals surface area contributed by atoms with Crippen molar-refractivity contribution < 1.29 is 4.42 Å². The number of fused-ring (bicyclic) bond motifs is 5. The van der Waals surface area contributed by atoms with Crippen LogP contribution in [0.1, 0.15) is 0 Å². The van der Waals surface area contributed by atoms with E-state index in [1.54, 1.807) is 0 Å². The summed E-state index contributed by atoms with van der Waals surface area (Å²) in [6.07, 6.45) is 0. The molecule has 4 heteroatoms. The SMILES string of the molecule is c1ccc(-c2nc(-c3ccc4ccc(-c5cccc6ccccc56)cc4c3)nc(-c3cccc4oc5ccccc5c34)n2)cc1. The Labute approximate surface area is 259 Å². The van der Waals surface area contributed by atoms with E-state index in [0.717, 1.165) is 49.4 Å². The highest BCUT2D eigenvalue weighted by Gasteiger charge is 2.18. The van der Waals surface area contributed by atoms with Gasteiger partial charge in [0.05, 0.1) is 0 Å². The van der Waals surface area contributed by atoms with Crippen molar-refractivity contribution in [2.24, 2.45) is 0 Å². The first-order valence-corrected chi connectivity index (χ1v) is 15.0. The maximum atomic E-state index is 6.20. The lowest BCUT2D eigenvalue weighted by atomic mass is 9.95. The predicted octanol–water partition coefficient (Wildman–Crippen LogP) is 10.7. The maximum absolute atomic E-state index is 6.20. The van der Waals surface area contributed by atoms with Gasteiger partial charge in [0.15, 0.2) is 17.5 Å². The lowest BCUT2D eigenvalue weighted by Crippen LogP contribution is -2.00. The molecule has 2 aromatic heterocycles. The third-order valence-electron chi connectivity index (χ3n) is 8.51. The summed E-state index contributed by atoms with van der Waals surface area (Å²) >= 11 is 0. The molecule has 0 spiro atoms. The molecule has 9 aromatic rings. The van der Waals surface area contributed by atoms with E-state index in [4.69, 9.17) is 19.4 Å². The molecule has 9 rings (SSSR count). The average Bonchev–Trinajstić information content (AvgIpc) is 3.50. The lowest BCUT2D eigenvalue weighted by Gasteiger charge is -2.11. The van der Waals surface area contributed by atoms with Crippen molar-refractivity contribution in [3.8, 4) is 45.3 Å². The number of rotatable bonds is 4. The predicted molar refractivity (Wildman–Crippen MR) is 184 cm³/mol. The lowest BCUT2D eigenvalue weighted by molar-refractivity contribution is 0.669. The zero-order valence-corrected chi connectivity index (χ0v) is 24.2. The van der Waals surface area contributed by atoms with Crippen molar-refractivity contribution >= 4 is 43.5 Å². The Balaban J connectivity index is 1.24. The fraction of sp³-hybridized carbons (Fsp3) is 0. The smallest absolute Gasteiger partial charge is 0.164 e. The topological polar surface area (TPSA) is 51.8 Å². The first-order valence-electron chi connectivity index (χ1n) is 15.0. The number of nitrogens with zero attached hydrogens (tertiary/aromatic N) is 3. The highest BCUT2D eigenvalue weighted by atomic mass is 16.3. The van der Waals surface area contributed by atoms with Crippen LogP contribution >= 0.6 is 0 Å². The van der Waals surface area contributed by atoms with Crippen molar-refractivity contribution in [3.63, 3.8) is 0 Å². The summed E-state index contributed by atoms with van der Waals surface area (Å²) in [6.45, 7) is 0. The molecule has 0 aliphatic heterocycles. The molecule has 0 saturated carbocycles. The molecule has 0 N–H and O–H groups in total. The van der Waals surface area contributed by atoms with Crippen molar-refractivity contribution in [2.75, 3.05) is 0 Å². The molecule has 0 fully saturated rings. The van der Waals surface area contributed by atoms with E-state index in [-0.39, 0.29) is 0 Å². The second-order valence-electron chi connectivity index (χ2n) is 11.3. The highest BCUT2D eigenvalue weighted by Crippen LogP contribution is 2.37. The Hall–Kier alpha value is -6.13. The van der Waals surface area contributed by atoms with Crippen LogP contribution in [0.25, 0.3) is 88.8 Å². The Morgan fingerprint density at radius 3 is 1.87 bits per heavy atom. The second kappa shape index (κ2) is 10.2. The summed E-state index contributed by atoms with van der Waals surface area (Å²) in [5.41, 5.74) is 6.83. The third kappa shape index (κ3) is 4.35. The quantitative estimate of drug-likeness (QED) is 0.209. The number of para-hydroxylation sites is 1. The van der Waals surface area contributed by atoms with Gasteiger partial charge >= 0.3 is 0 Å². The summed E-state index contributed by atoms with van der Waals surface area (Å²) in [6, 6.07) is 52.3. The van der Waals surface area contributed by atoms with E-state index in [9.17, 15) is 0 Å². The first kappa shape index (κ1) is 25.4. The zero-order chi connectivity index (χ0) is 29.7. The van der Waals surface area contributed by atoms with Crippen molar-refractivity contribution in [1.29, 1.82) is 0 Å². The summed E-state index contributed by atoms with van der Waals surface area (Å²) in [4.78, 5) is 15.1. The summed E-state index contributed by atoms with van der Waals surface area (Å²) in [7, 11) is 0. The molecule has 2 heterocycles. The van der Waals surface area contributed by atoms with Crippen LogP contribution in [0, 0.1) is 0 Å². The molecule has 0 amide bonds. The molecule has 0 atom stereocenters. The number of furan rings is 1. The average molecular weight is 576 g/mol. The van der Waals surface area contributed by atoms with Crippen LogP contribution < -0.4 is 0 Å². The van der Waals surface area contributed by atoms with Gasteiger partial charge in [-0.15, -0.1) is 0 Å². The Morgan fingerprint density at radius 1 is 0.356 bits per heavy atom. The van der Waals surface area contributed by atoms with Gasteiger partial charge in [-0.1, -0.05) is 127 Å². The first-order chi connectivity index (χ1) is 22.3. The van der Waals surface area contributed by atoms with Gasteiger partial charge < -0.3 is 4.42 Å². The number of hydrogen-bond donors (Lipinski definition) is 0. The standard InChI is InChI=1S/C41H25N3O/c1-2-11-28(12-3-1)39-42-40(44-41(43-39)35-17-9-19-37-38(35)34-15-6-7-18-36(34)45-37)30-23-21-26-20-22-29(24-31(26)25-30)33-16-8-13-27-10-4-5-14-32(27)33/h1-25H. The van der Waals surface area contributed by atoms with Crippen molar-refractivity contribution in [2.45, 2.75) is 0 Å². The Kier molecular flexibility index (Phi) is 5.78. The van der Waals surface area contributed by atoms with Gasteiger partial charge in [-0.2, -0.15) is 0 Å². The van der Waals surface area contributed by atoms with E-state index < -0.39 is 0 Å². The van der Waals surface area contributed by atoms with Crippen LogP contribution in [-0.2, 0) is 0 Å². The van der Waals surface area contributed by atoms with Crippen LogP contribution in [0.15, 0.2) is 156 Å². The van der Waals surface area contributed by atoms with Crippen molar-refractivity contribution in [1.82, 2.24) is 15.0 Å². The van der Waals surface area contributed by atoms with Gasteiger partial charge in [0.1, 0.15) is 11.2 Å². The maximum Gasteiger partial charge on any atom is 0.164 e. The minimum absolute atomic E-state index is 0.612. The molecule has 0 aliphatic rings. The Morgan fingerprint density at radius 2 is 0.978 bits per heavy atom. The monoisotopic (exact) mass is 575 g/mol. The van der Waals surface area contributed by atoms with Gasteiger partial charge in [0.25, 0.3) is 0 Å². The van der Waals surface area contributed by atoms with E-state index >= 15 is 0 Å². The van der Waals surface area contributed by atoms with Gasteiger partial charge in [0, 0.05) is 27.5 Å². The highest BCUT2D eigenvalue weighted by molar-refractivity contribution is 6.11. The number of aromatic nitrogens is 3. The summed E-state index contributed by atoms with van der Waals surface area (Å²) in [5.74, 6) is 1.87. The fourth-order valence-corrected chi connectivity index (χ4v) is 6.33. The molecule has 4 nitrogen and oxygen atoms in total. The van der Waals surface area contributed by atoms with Crippen molar-refractivity contribution in [3.05, 3.63) is 152 Å². The van der Waals surface area contributed by atoms with Gasteiger partial charge in [0.2, 0.25) is 0 Å². The van der Waals surface area contributed by atoms with Crippen LogP contribution in [0.4, 0.5) is 0 Å². The van der Waals surface area contributed by atoms with E-state index in [1.165, 1.54) is 21.9 Å². The van der Waals surface area contributed by atoms with Gasteiger partial charge in [-0.3, -0.25) is 0 Å². The zero-order valence-electron chi connectivity index (χ0n) is 24.2. The molecule has 0 radical (unpaired) electrons. The Bertz CT molecular complexity index is 2540. The molecule has 210 valence electrons. The normalized spacial score (nSPS) is 11.6.